The van der Waals surface area contributed by atoms with Crippen LogP contribution in [0.4, 0.5) is 34.5 Å². The first-order valence-electron chi connectivity index (χ1n) is 10.8. The van der Waals surface area contributed by atoms with E-state index in [9.17, 15) is 22.8 Å². The number of benzene rings is 2. The van der Waals surface area contributed by atoms with Crippen molar-refractivity contribution < 1.29 is 22.8 Å². The fourth-order valence-electron chi connectivity index (χ4n) is 3.70. The largest absolute Gasteiger partial charge is 0.416 e. The van der Waals surface area contributed by atoms with Gasteiger partial charge in [0.15, 0.2) is 0 Å². The van der Waals surface area contributed by atoms with Gasteiger partial charge < -0.3 is 15.1 Å². The van der Waals surface area contributed by atoms with E-state index in [1.807, 2.05) is 43.3 Å². The predicted molar refractivity (Wildman–Crippen MR) is 128 cm³/mol. The van der Waals surface area contributed by atoms with Crippen LogP contribution in [0.3, 0.4) is 0 Å². The summed E-state index contributed by atoms with van der Waals surface area (Å²) in [5.41, 5.74) is 1.32. The molecule has 2 N–H and O–H groups in total. The molecule has 0 spiro atoms. The van der Waals surface area contributed by atoms with Gasteiger partial charge in [-0.3, -0.25) is 10.1 Å². The molecule has 1 aliphatic heterocycles. The average Bonchev–Trinajstić information content (AvgIpc) is 3.49. The van der Waals surface area contributed by atoms with Crippen molar-refractivity contribution in [3.05, 3.63) is 54.1 Å². The summed E-state index contributed by atoms with van der Waals surface area (Å²) in [4.78, 5) is 28.9. The highest BCUT2D eigenvalue weighted by Crippen LogP contribution is 2.31. The van der Waals surface area contributed by atoms with Gasteiger partial charge in [-0.25, -0.2) is 4.79 Å². The lowest BCUT2D eigenvalue weighted by Crippen LogP contribution is -2.45. The van der Waals surface area contributed by atoms with E-state index in [1.54, 1.807) is 0 Å². The number of carbonyl (C=O) groups excluding carboxylic acids is 2. The number of carbonyl (C=O) groups is 2. The van der Waals surface area contributed by atoms with Gasteiger partial charge in [0.25, 0.3) is 0 Å². The van der Waals surface area contributed by atoms with Gasteiger partial charge in [-0.2, -0.15) is 13.2 Å². The quantitative estimate of drug-likeness (QED) is 0.515. The summed E-state index contributed by atoms with van der Waals surface area (Å²) in [6, 6.07) is 10.6. The second-order valence-electron chi connectivity index (χ2n) is 8.20. The van der Waals surface area contributed by atoms with Gasteiger partial charge in [0.2, 0.25) is 11.0 Å². The van der Waals surface area contributed by atoms with Gasteiger partial charge in [-0.05, 0) is 61.4 Å². The summed E-state index contributed by atoms with van der Waals surface area (Å²) < 4.78 is 38.2. The van der Waals surface area contributed by atoms with Gasteiger partial charge in [-0.1, -0.05) is 11.3 Å². The second kappa shape index (κ2) is 9.90. The van der Waals surface area contributed by atoms with Crippen molar-refractivity contribution in [3.63, 3.8) is 0 Å². The number of alkyl halides is 3. The van der Waals surface area contributed by atoms with E-state index in [4.69, 9.17) is 0 Å². The highest BCUT2D eigenvalue weighted by Gasteiger charge is 2.35. The van der Waals surface area contributed by atoms with Crippen LogP contribution < -0.4 is 15.5 Å². The molecular formula is C23H23F3N6O2S. The first kappa shape index (κ1) is 24.5. The third-order valence-electron chi connectivity index (χ3n) is 5.57. The molecule has 184 valence electrons. The molecule has 0 aliphatic carbocycles. The third-order valence-corrected chi connectivity index (χ3v) is 6.45. The number of aromatic nitrogens is 2. The number of hydrogen-bond acceptors (Lipinski definition) is 6. The van der Waals surface area contributed by atoms with Crippen LogP contribution in [0.25, 0.3) is 10.6 Å². The molecule has 1 atom stereocenters. The van der Waals surface area contributed by atoms with Gasteiger partial charge in [0.05, 0.1) is 5.56 Å². The summed E-state index contributed by atoms with van der Waals surface area (Å²) in [5, 5.41) is 14.4. The zero-order valence-corrected chi connectivity index (χ0v) is 19.8. The summed E-state index contributed by atoms with van der Waals surface area (Å²) in [6.07, 6.45) is -3.37. The van der Waals surface area contributed by atoms with Crippen molar-refractivity contribution >= 4 is 39.8 Å². The Kier molecular flexibility index (Phi) is 6.92. The lowest BCUT2D eigenvalue weighted by Gasteiger charge is -2.23. The number of nitrogens with zero attached hydrogens (tertiary/aromatic N) is 4. The Bertz CT molecular complexity index is 1200. The SMILES string of the molecule is CN(C)c1ccc(-c2nnc(NC(=O)C3CCCN3C(=O)Nc3ccc(C(F)(F)F)cc3)s2)cc1. The van der Waals surface area contributed by atoms with Crippen LogP contribution in [0.1, 0.15) is 18.4 Å². The Hall–Kier alpha value is -3.67. The molecule has 4 rings (SSSR count). The Balaban J connectivity index is 1.38. The molecule has 3 aromatic rings. The van der Waals surface area contributed by atoms with Crippen LogP contribution in [0, 0.1) is 0 Å². The molecule has 1 fully saturated rings. The summed E-state index contributed by atoms with van der Waals surface area (Å²) in [7, 11) is 3.90. The smallest absolute Gasteiger partial charge is 0.378 e. The first-order valence-corrected chi connectivity index (χ1v) is 11.6. The van der Waals surface area contributed by atoms with Crippen LogP contribution in [0.2, 0.25) is 0 Å². The topological polar surface area (TPSA) is 90.5 Å². The number of hydrogen-bond donors (Lipinski definition) is 2. The second-order valence-corrected chi connectivity index (χ2v) is 9.18. The highest BCUT2D eigenvalue weighted by atomic mass is 32.1. The molecule has 3 amide bonds. The van der Waals surface area contributed by atoms with E-state index in [2.05, 4.69) is 20.8 Å². The van der Waals surface area contributed by atoms with Crippen molar-refractivity contribution in [2.75, 3.05) is 36.2 Å². The van der Waals surface area contributed by atoms with Crippen LogP contribution in [0.5, 0.6) is 0 Å². The maximum Gasteiger partial charge on any atom is 0.416 e. The first-order chi connectivity index (χ1) is 16.6. The molecule has 0 radical (unpaired) electrons. The summed E-state index contributed by atoms with van der Waals surface area (Å²) in [5.74, 6) is -0.393. The number of anilines is 3. The molecule has 2 heterocycles. The third kappa shape index (κ3) is 5.70. The monoisotopic (exact) mass is 504 g/mol. The Morgan fingerprint density at radius 2 is 1.71 bits per heavy atom. The van der Waals surface area contributed by atoms with Gasteiger partial charge in [-0.15, -0.1) is 10.2 Å². The lowest BCUT2D eigenvalue weighted by atomic mass is 10.2. The number of nitrogens with one attached hydrogen (secondary N) is 2. The van der Waals surface area contributed by atoms with Gasteiger partial charge >= 0.3 is 12.2 Å². The molecular weight excluding hydrogens is 481 g/mol. The summed E-state index contributed by atoms with van der Waals surface area (Å²) in [6.45, 7) is 0.351. The zero-order chi connectivity index (χ0) is 25.2. The van der Waals surface area contributed by atoms with E-state index in [0.29, 0.717) is 29.5 Å². The molecule has 0 saturated carbocycles. The van der Waals surface area contributed by atoms with E-state index in [-0.39, 0.29) is 5.69 Å². The average molecular weight is 505 g/mol. The minimum absolute atomic E-state index is 0.211. The molecule has 1 unspecified atom stereocenters. The molecule has 12 heteroatoms. The summed E-state index contributed by atoms with van der Waals surface area (Å²) >= 11 is 1.22. The Morgan fingerprint density at radius 1 is 1.03 bits per heavy atom. The predicted octanol–water partition coefficient (Wildman–Crippen LogP) is 4.92. The Morgan fingerprint density at radius 3 is 2.34 bits per heavy atom. The number of likely N-dealkylation sites (tertiary alicyclic amines) is 1. The number of amides is 3. The fourth-order valence-corrected chi connectivity index (χ4v) is 4.45. The van der Waals surface area contributed by atoms with E-state index >= 15 is 0 Å². The maximum absolute atomic E-state index is 12.9. The normalized spacial score (nSPS) is 15.7. The van der Waals surface area contributed by atoms with Gasteiger partial charge in [0.1, 0.15) is 11.0 Å². The molecule has 1 aromatic heterocycles. The molecule has 1 aliphatic rings. The van der Waals surface area contributed by atoms with Crippen molar-refractivity contribution in [1.29, 1.82) is 0 Å². The minimum Gasteiger partial charge on any atom is -0.378 e. The van der Waals surface area contributed by atoms with Crippen LogP contribution >= 0.6 is 11.3 Å². The molecule has 0 bridgehead atoms. The van der Waals surface area contributed by atoms with Crippen LogP contribution in [-0.4, -0.2) is 53.7 Å². The fraction of sp³-hybridized carbons (Fsp3) is 0.304. The standard InChI is InChI=1S/C23H23F3N6O2S/c1-31(2)17-11-5-14(6-12-17)20-29-30-21(35-20)28-19(33)18-4-3-13-32(18)22(34)27-16-9-7-15(8-10-16)23(24,25)26/h5-12,18H,3-4,13H2,1-2H3,(H,27,34)(H,28,30,33). The molecule has 2 aromatic carbocycles. The molecule has 35 heavy (non-hydrogen) atoms. The zero-order valence-electron chi connectivity index (χ0n) is 19.0. The number of urea groups is 1. The highest BCUT2D eigenvalue weighted by molar-refractivity contribution is 7.18. The van der Waals surface area contributed by atoms with E-state index < -0.39 is 29.7 Å². The molecule has 8 nitrogen and oxygen atoms in total. The molecule has 1 saturated heterocycles. The van der Waals surface area contributed by atoms with E-state index in [0.717, 1.165) is 23.4 Å². The maximum atomic E-state index is 12.9. The van der Waals surface area contributed by atoms with Crippen LogP contribution in [0.15, 0.2) is 48.5 Å². The number of halogens is 3. The Labute approximate surface area is 203 Å². The minimum atomic E-state index is -4.46. The number of rotatable bonds is 5. The van der Waals surface area contributed by atoms with Gasteiger partial charge in [0, 0.05) is 37.6 Å². The van der Waals surface area contributed by atoms with E-state index in [1.165, 1.54) is 28.4 Å². The van der Waals surface area contributed by atoms with Crippen LogP contribution in [-0.2, 0) is 11.0 Å². The van der Waals surface area contributed by atoms with Crippen molar-refractivity contribution in [2.45, 2.75) is 25.1 Å². The van der Waals surface area contributed by atoms with Crippen molar-refractivity contribution in [3.8, 4) is 10.6 Å². The lowest BCUT2D eigenvalue weighted by molar-refractivity contribution is -0.137. The van der Waals surface area contributed by atoms with Crippen molar-refractivity contribution in [1.82, 2.24) is 15.1 Å². The van der Waals surface area contributed by atoms with Crippen molar-refractivity contribution in [2.24, 2.45) is 0 Å².